The van der Waals surface area contributed by atoms with Crippen LogP contribution in [0.1, 0.15) is 52.0 Å². The molecule has 21 heavy (non-hydrogen) atoms. The van der Waals surface area contributed by atoms with Gasteiger partial charge in [0.1, 0.15) is 0 Å². The van der Waals surface area contributed by atoms with Crippen molar-refractivity contribution in [1.29, 1.82) is 0 Å². The Balaban J connectivity index is 2.32. The molecule has 0 bridgehead atoms. The van der Waals surface area contributed by atoms with E-state index >= 15 is 0 Å². The van der Waals surface area contributed by atoms with E-state index in [-0.39, 0.29) is 11.4 Å². The normalized spacial score (nSPS) is 13.0. The monoisotopic (exact) mass is 290 g/mol. The zero-order chi connectivity index (χ0) is 15.7. The molecule has 0 aliphatic heterocycles. The van der Waals surface area contributed by atoms with Gasteiger partial charge in [-0.2, -0.15) is 0 Å². The van der Waals surface area contributed by atoms with Gasteiger partial charge >= 0.3 is 0 Å². The molecule has 1 amide bonds. The lowest BCUT2D eigenvalue weighted by Crippen LogP contribution is -2.43. The smallest absolute Gasteiger partial charge is 0.220 e. The van der Waals surface area contributed by atoms with E-state index in [4.69, 9.17) is 5.73 Å². The van der Waals surface area contributed by atoms with Crippen molar-refractivity contribution < 1.29 is 4.79 Å². The van der Waals surface area contributed by atoms with Gasteiger partial charge in [-0.15, -0.1) is 0 Å². The lowest BCUT2D eigenvalue weighted by molar-refractivity contribution is -0.123. The predicted octanol–water partition coefficient (Wildman–Crippen LogP) is 3.28. The summed E-state index contributed by atoms with van der Waals surface area (Å²) in [5, 5.41) is 3.15. The summed E-state index contributed by atoms with van der Waals surface area (Å²) >= 11 is 0. The molecule has 0 fully saturated rings. The molecule has 1 aromatic rings. The first-order chi connectivity index (χ1) is 9.93. The van der Waals surface area contributed by atoms with Crippen LogP contribution < -0.4 is 11.1 Å². The maximum absolute atomic E-state index is 12.0. The zero-order valence-electron chi connectivity index (χ0n) is 13.7. The van der Waals surface area contributed by atoms with Crippen molar-refractivity contribution in [1.82, 2.24) is 5.32 Å². The lowest BCUT2D eigenvalue weighted by Gasteiger charge is -2.26. The molecule has 0 saturated heterocycles. The minimum atomic E-state index is -0.163. The lowest BCUT2D eigenvalue weighted by atomic mass is 9.94. The van der Waals surface area contributed by atoms with Gasteiger partial charge in [-0.05, 0) is 57.6 Å². The number of aryl methyl sites for hydroxylation is 1. The van der Waals surface area contributed by atoms with Crippen molar-refractivity contribution in [2.45, 2.75) is 58.4 Å². The van der Waals surface area contributed by atoms with E-state index in [1.54, 1.807) is 0 Å². The van der Waals surface area contributed by atoms with E-state index in [0.717, 1.165) is 25.7 Å². The molecule has 3 N–H and O–H groups in total. The first kappa shape index (κ1) is 17.7. The fraction of sp³-hybridized carbons (Fsp3) is 0.611. The number of hydrogen-bond acceptors (Lipinski definition) is 2. The van der Waals surface area contributed by atoms with E-state index < -0.39 is 0 Å². The third-order valence-electron chi connectivity index (χ3n) is 3.88. The average molecular weight is 290 g/mol. The van der Waals surface area contributed by atoms with Crippen LogP contribution in [0.25, 0.3) is 0 Å². The van der Waals surface area contributed by atoms with E-state index in [1.807, 2.05) is 6.07 Å². The Labute approximate surface area is 129 Å². The highest BCUT2D eigenvalue weighted by Crippen LogP contribution is 2.15. The summed E-state index contributed by atoms with van der Waals surface area (Å²) in [5.74, 6) is 0.671. The summed E-state index contributed by atoms with van der Waals surface area (Å²) in [5.41, 5.74) is 6.69. The van der Waals surface area contributed by atoms with Crippen LogP contribution in [-0.2, 0) is 11.2 Å². The second-order valence-electron chi connectivity index (χ2n) is 6.64. The van der Waals surface area contributed by atoms with Gasteiger partial charge < -0.3 is 11.1 Å². The maximum Gasteiger partial charge on any atom is 0.220 e. The highest BCUT2D eigenvalue weighted by molar-refractivity contribution is 5.76. The van der Waals surface area contributed by atoms with Crippen molar-refractivity contribution >= 4 is 5.91 Å². The quantitative estimate of drug-likeness (QED) is 0.733. The minimum absolute atomic E-state index is 0.150. The summed E-state index contributed by atoms with van der Waals surface area (Å²) in [4.78, 5) is 12.0. The molecule has 3 heteroatoms. The van der Waals surface area contributed by atoms with Crippen LogP contribution >= 0.6 is 0 Å². The largest absolute Gasteiger partial charge is 0.351 e. The Hall–Kier alpha value is -1.35. The SMILES string of the molecule is CC(CCN)CCC(=O)NC(C)(C)CCc1ccccc1. The first-order valence-corrected chi connectivity index (χ1v) is 7.98. The predicted molar refractivity (Wildman–Crippen MR) is 89.1 cm³/mol. The molecule has 0 saturated carbocycles. The average Bonchev–Trinajstić information content (AvgIpc) is 2.44. The van der Waals surface area contributed by atoms with Crippen LogP contribution in [0.3, 0.4) is 0 Å². The fourth-order valence-corrected chi connectivity index (χ4v) is 2.41. The fourth-order valence-electron chi connectivity index (χ4n) is 2.41. The number of carbonyl (C=O) groups is 1. The van der Waals surface area contributed by atoms with Gasteiger partial charge in [0.2, 0.25) is 5.91 Å². The zero-order valence-corrected chi connectivity index (χ0v) is 13.7. The molecule has 0 spiro atoms. The Morgan fingerprint density at radius 1 is 1.24 bits per heavy atom. The summed E-state index contributed by atoms with van der Waals surface area (Å²) in [6, 6.07) is 10.4. The Bertz CT molecular complexity index is 414. The van der Waals surface area contributed by atoms with Crippen LogP contribution in [0.2, 0.25) is 0 Å². The molecular formula is C18H30N2O. The maximum atomic E-state index is 12.0. The molecule has 0 aromatic heterocycles. The summed E-state index contributed by atoms with van der Waals surface area (Å²) in [6.07, 6.45) is 4.43. The van der Waals surface area contributed by atoms with Gasteiger partial charge in [0, 0.05) is 12.0 Å². The summed E-state index contributed by atoms with van der Waals surface area (Å²) in [6.45, 7) is 7.04. The van der Waals surface area contributed by atoms with Crippen LogP contribution in [0.4, 0.5) is 0 Å². The molecule has 0 heterocycles. The molecule has 0 aliphatic carbocycles. The van der Waals surface area contributed by atoms with Crippen LogP contribution in [0.15, 0.2) is 30.3 Å². The number of nitrogens with one attached hydrogen (secondary N) is 1. The molecule has 118 valence electrons. The van der Waals surface area contributed by atoms with E-state index in [9.17, 15) is 4.79 Å². The molecular weight excluding hydrogens is 260 g/mol. The van der Waals surface area contributed by atoms with E-state index in [2.05, 4.69) is 50.4 Å². The second kappa shape index (κ2) is 8.83. The van der Waals surface area contributed by atoms with Crippen molar-refractivity contribution in [3.05, 3.63) is 35.9 Å². The van der Waals surface area contributed by atoms with Crippen molar-refractivity contribution in [2.75, 3.05) is 6.54 Å². The van der Waals surface area contributed by atoms with Crippen molar-refractivity contribution in [3.8, 4) is 0 Å². The number of rotatable bonds is 9. The van der Waals surface area contributed by atoms with Crippen molar-refractivity contribution in [2.24, 2.45) is 11.7 Å². The molecule has 1 aromatic carbocycles. The Morgan fingerprint density at radius 3 is 2.52 bits per heavy atom. The molecule has 3 nitrogen and oxygen atoms in total. The van der Waals surface area contributed by atoms with Gasteiger partial charge in [0.05, 0.1) is 0 Å². The van der Waals surface area contributed by atoms with Gasteiger partial charge in [0.15, 0.2) is 0 Å². The third kappa shape index (κ3) is 7.86. The Morgan fingerprint density at radius 2 is 1.90 bits per heavy atom. The van der Waals surface area contributed by atoms with Gasteiger partial charge in [-0.25, -0.2) is 0 Å². The first-order valence-electron chi connectivity index (χ1n) is 7.98. The number of benzene rings is 1. The number of carbonyl (C=O) groups excluding carboxylic acids is 1. The third-order valence-corrected chi connectivity index (χ3v) is 3.88. The van der Waals surface area contributed by atoms with Crippen molar-refractivity contribution in [3.63, 3.8) is 0 Å². The minimum Gasteiger partial charge on any atom is -0.351 e. The molecule has 1 atom stereocenters. The van der Waals surface area contributed by atoms with E-state index in [1.165, 1.54) is 5.56 Å². The highest BCUT2D eigenvalue weighted by atomic mass is 16.1. The van der Waals surface area contributed by atoms with E-state index in [0.29, 0.717) is 18.9 Å². The second-order valence-corrected chi connectivity index (χ2v) is 6.64. The number of amides is 1. The number of hydrogen-bond donors (Lipinski definition) is 2. The van der Waals surface area contributed by atoms with Crippen LogP contribution in [-0.4, -0.2) is 18.0 Å². The van der Waals surface area contributed by atoms with Crippen LogP contribution in [0, 0.1) is 5.92 Å². The summed E-state index contributed by atoms with van der Waals surface area (Å²) < 4.78 is 0. The molecule has 1 rings (SSSR count). The van der Waals surface area contributed by atoms with Gasteiger partial charge in [0.25, 0.3) is 0 Å². The standard InChI is InChI=1S/C18H30N2O/c1-15(12-14-19)9-10-17(21)20-18(2,3)13-11-16-7-5-4-6-8-16/h4-8,15H,9-14,19H2,1-3H3,(H,20,21). The van der Waals surface area contributed by atoms with Crippen LogP contribution in [0.5, 0.6) is 0 Å². The molecule has 0 aliphatic rings. The molecule has 1 unspecified atom stereocenters. The summed E-state index contributed by atoms with van der Waals surface area (Å²) in [7, 11) is 0. The highest BCUT2D eigenvalue weighted by Gasteiger charge is 2.20. The topological polar surface area (TPSA) is 55.1 Å². The van der Waals surface area contributed by atoms with Gasteiger partial charge in [-0.3, -0.25) is 4.79 Å². The van der Waals surface area contributed by atoms with Gasteiger partial charge in [-0.1, -0.05) is 37.3 Å². The number of nitrogens with two attached hydrogens (primary N) is 1. The molecule has 0 radical (unpaired) electrons. The Kier molecular flexibility index (Phi) is 7.44.